The lowest BCUT2D eigenvalue weighted by atomic mass is 10.1. The van der Waals surface area contributed by atoms with E-state index in [0.29, 0.717) is 15.7 Å². The molecule has 0 amide bonds. The van der Waals surface area contributed by atoms with Crippen LogP contribution in [-0.4, -0.2) is 26.2 Å². The molecular weight excluding hydrogens is 391 g/mol. The summed E-state index contributed by atoms with van der Waals surface area (Å²) in [6.45, 7) is 8.69. The van der Waals surface area contributed by atoms with Crippen LogP contribution in [0.1, 0.15) is 50.4 Å². The highest BCUT2D eigenvalue weighted by Gasteiger charge is 2.29. The zero-order valence-electron chi connectivity index (χ0n) is 11.6. The van der Waals surface area contributed by atoms with Crippen molar-refractivity contribution in [2.45, 2.75) is 49.4 Å². The number of nitrogens with one attached hydrogen (secondary N) is 1. The molecule has 0 spiro atoms. The highest BCUT2D eigenvalue weighted by molar-refractivity contribution is 14.1. The molecule has 6 heteroatoms. The van der Waals surface area contributed by atoms with Crippen LogP contribution in [0, 0.1) is 3.57 Å². The molecule has 1 aromatic heterocycles. The minimum Gasteiger partial charge on any atom is -0.309 e. The molecule has 1 aliphatic rings. The van der Waals surface area contributed by atoms with Crippen LogP contribution in [0.15, 0.2) is 4.79 Å². The largest absolute Gasteiger partial charge is 0.309 e. The number of hydrogen-bond acceptors (Lipinski definition) is 4. The molecule has 2 rings (SSSR count). The molecule has 0 aromatic carbocycles. The standard InChI is InChI=1S/C13H19IN2OS2/c1-6(2)11-10(14)13(17)16-12(15-11)9-5-18-7(3)8(4)19-9/h6-9H,5H2,1-4H3,(H,15,16,17). The maximum Gasteiger partial charge on any atom is 0.264 e. The van der Waals surface area contributed by atoms with Gasteiger partial charge in [0.15, 0.2) is 0 Å². The van der Waals surface area contributed by atoms with E-state index < -0.39 is 0 Å². The van der Waals surface area contributed by atoms with Crippen LogP contribution in [0.4, 0.5) is 0 Å². The third-order valence-corrected chi connectivity index (χ3v) is 7.75. The summed E-state index contributed by atoms with van der Waals surface area (Å²) in [6.07, 6.45) is 0. The summed E-state index contributed by atoms with van der Waals surface area (Å²) in [5.74, 6) is 2.16. The lowest BCUT2D eigenvalue weighted by Gasteiger charge is -2.30. The van der Waals surface area contributed by atoms with Crippen molar-refractivity contribution in [3.8, 4) is 0 Å². The quantitative estimate of drug-likeness (QED) is 0.754. The van der Waals surface area contributed by atoms with E-state index in [1.54, 1.807) is 0 Å². The third kappa shape index (κ3) is 3.50. The van der Waals surface area contributed by atoms with Gasteiger partial charge in [-0.25, -0.2) is 4.98 Å². The summed E-state index contributed by atoms with van der Waals surface area (Å²) in [5.41, 5.74) is 0.933. The number of hydrogen-bond donors (Lipinski definition) is 1. The Balaban J connectivity index is 2.33. The first-order chi connectivity index (χ1) is 8.90. The van der Waals surface area contributed by atoms with Crippen LogP contribution < -0.4 is 5.56 Å². The molecule has 3 unspecified atom stereocenters. The van der Waals surface area contributed by atoms with Gasteiger partial charge in [0, 0.05) is 16.3 Å². The van der Waals surface area contributed by atoms with Gasteiger partial charge in [-0.1, -0.05) is 27.7 Å². The molecule has 0 saturated carbocycles. The lowest BCUT2D eigenvalue weighted by Crippen LogP contribution is -2.26. The van der Waals surface area contributed by atoms with Crippen LogP contribution in [0.25, 0.3) is 0 Å². The Hall–Kier alpha value is 0.310. The molecule has 1 saturated heterocycles. The molecule has 19 heavy (non-hydrogen) atoms. The highest BCUT2D eigenvalue weighted by atomic mass is 127. The molecule has 1 N–H and O–H groups in total. The van der Waals surface area contributed by atoms with Crippen molar-refractivity contribution in [2.75, 3.05) is 5.75 Å². The Bertz CT molecular complexity index is 518. The Morgan fingerprint density at radius 3 is 2.63 bits per heavy atom. The van der Waals surface area contributed by atoms with Crippen molar-refractivity contribution >= 4 is 46.1 Å². The second-order valence-corrected chi connectivity index (χ2v) is 9.25. The average Bonchev–Trinajstić information content (AvgIpc) is 2.35. The first-order valence-corrected chi connectivity index (χ1v) is 9.53. The van der Waals surface area contributed by atoms with Gasteiger partial charge in [-0.2, -0.15) is 11.8 Å². The predicted octanol–water partition coefficient (Wildman–Crippen LogP) is 3.80. The molecule has 2 heterocycles. The molecule has 106 valence electrons. The Labute approximate surface area is 136 Å². The van der Waals surface area contributed by atoms with Gasteiger partial charge in [-0.15, -0.1) is 11.8 Å². The zero-order valence-corrected chi connectivity index (χ0v) is 15.4. The highest BCUT2D eigenvalue weighted by Crippen LogP contribution is 2.43. The van der Waals surface area contributed by atoms with Gasteiger partial charge in [-0.05, 0) is 28.5 Å². The SMILES string of the molecule is CC(C)c1nc(C2CSC(C)C(C)S2)[nH]c(=O)c1I. The Kier molecular flexibility index (Phi) is 5.28. The zero-order chi connectivity index (χ0) is 14.2. The molecule has 0 aliphatic carbocycles. The molecule has 0 bridgehead atoms. The fraction of sp³-hybridized carbons (Fsp3) is 0.692. The van der Waals surface area contributed by atoms with E-state index in [9.17, 15) is 4.79 Å². The summed E-state index contributed by atoms with van der Waals surface area (Å²) >= 11 is 5.99. The predicted molar refractivity (Wildman–Crippen MR) is 93.4 cm³/mol. The molecule has 1 fully saturated rings. The average molecular weight is 410 g/mol. The molecule has 0 radical (unpaired) electrons. The van der Waals surface area contributed by atoms with Crippen molar-refractivity contribution < 1.29 is 0 Å². The van der Waals surface area contributed by atoms with Crippen LogP contribution in [0.2, 0.25) is 0 Å². The van der Waals surface area contributed by atoms with Gasteiger partial charge in [0.1, 0.15) is 5.82 Å². The van der Waals surface area contributed by atoms with Gasteiger partial charge in [-0.3, -0.25) is 4.79 Å². The molecular formula is C13H19IN2OS2. The van der Waals surface area contributed by atoms with E-state index in [0.717, 1.165) is 20.8 Å². The van der Waals surface area contributed by atoms with Crippen LogP contribution >= 0.6 is 46.1 Å². The fourth-order valence-electron chi connectivity index (χ4n) is 1.96. The third-order valence-electron chi connectivity index (χ3n) is 3.31. The fourth-order valence-corrected chi connectivity index (χ4v) is 5.70. The lowest BCUT2D eigenvalue weighted by molar-refractivity contribution is 0.762. The van der Waals surface area contributed by atoms with Crippen molar-refractivity contribution in [3.05, 3.63) is 25.4 Å². The molecule has 1 aliphatic heterocycles. The van der Waals surface area contributed by atoms with Crippen molar-refractivity contribution in [3.63, 3.8) is 0 Å². The number of aromatic amines is 1. The summed E-state index contributed by atoms with van der Waals surface area (Å²) in [6, 6.07) is 0. The van der Waals surface area contributed by atoms with E-state index in [2.05, 4.69) is 55.3 Å². The summed E-state index contributed by atoms with van der Waals surface area (Å²) < 4.78 is 0.728. The molecule has 3 atom stereocenters. The monoisotopic (exact) mass is 410 g/mol. The van der Waals surface area contributed by atoms with Crippen LogP contribution in [-0.2, 0) is 0 Å². The second-order valence-electron chi connectivity index (χ2n) is 5.17. The number of nitrogens with zero attached hydrogens (tertiary/aromatic N) is 1. The van der Waals surface area contributed by atoms with Crippen LogP contribution in [0.5, 0.6) is 0 Å². The van der Waals surface area contributed by atoms with Crippen LogP contribution in [0.3, 0.4) is 0 Å². The molecule has 1 aromatic rings. The maximum absolute atomic E-state index is 12.0. The second kappa shape index (κ2) is 6.39. The smallest absolute Gasteiger partial charge is 0.264 e. The number of halogens is 1. The Morgan fingerprint density at radius 2 is 2.05 bits per heavy atom. The van der Waals surface area contributed by atoms with E-state index >= 15 is 0 Å². The van der Waals surface area contributed by atoms with E-state index in [-0.39, 0.29) is 11.5 Å². The first kappa shape index (κ1) is 15.7. The van der Waals surface area contributed by atoms with E-state index in [4.69, 9.17) is 4.98 Å². The van der Waals surface area contributed by atoms with E-state index in [1.165, 1.54) is 0 Å². The number of rotatable bonds is 2. The van der Waals surface area contributed by atoms with Crippen molar-refractivity contribution in [1.82, 2.24) is 9.97 Å². The van der Waals surface area contributed by atoms with Crippen molar-refractivity contribution in [1.29, 1.82) is 0 Å². The molecule has 3 nitrogen and oxygen atoms in total. The normalized spacial score (nSPS) is 27.8. The van der Waals surface area contributed by atoms with E-state index in [1.807, 2.05) is 23.5 Å². The van der Waals surface area contributed by atoms with Gasteiger partial charge >= 0.3 is 0 Å². The Morgan fingerprint density at radius 1 is 1.37 bits per heavy atom. The van der Waals surface area contributed by atoms with Gasteiger partial charge in [0.05, 0.1) is 14.5 Å². The summed E-state index contributed by atoms with van der Waals surface area (Å²) in [5, 5.41) is 1.57. The minimum atomic E-state index is 0.00572. The minimum absolute atomic E-state index is 0.00572. The van der Waals surface area contributed by atoms with Gasteiger partial charge in [0.2, 0.25) is 0 Å². The summed E-state index contributed by atoms with van der Waals surface area (Å²) in [7, 11) is 0. The summed E-state index contributed by atoms with van der Waals surface area (Å²) in [4.78, 5) is 19.7. The maximum atomic E-state index is 12.0. The first-order valence-electron chi connectivity index (χ1n) is 6.46. The van der Waals surface area contributed by atoms with Gasteiger partial charge in [0.25, 0.3) is 5.56 Å². The topological polar surface area (TPSA) is 45.8 Å². The van der Waals surface area contributed by atoms with Crippen molar-refractivity contribution in [2.24, 2.45) is 0 Å². The number of H-pyrrole nitrogens is 1. The van der Waals surface area contributed by atoms with Gasteiger partial charge < -0.3 is 4.98 Å². The number of thioether (sulfide) groups is 2. The number of aromatic nitrogens is 2.